The van der Waals surface area contributed by atoms with E-state index in [0.717, 1.165) is 46.1 Å². The molecule has 0 spiro atoms. The average Bonchev–Trinajstić information content (AvgIpc) is 3.36. The molecule has 5 nitrogen and oxygen atoms in total. The summed E-state index contributed by atoms with van der Waals surface area (Å²) in [5.41, 5.74) is 2.69. The van der Waals surface area contributed by atoms with Gasteiger partial charge in [-0.1, -0.05) is 23.5 Å². The second-order valence-electron chi connectivity index (χ2n) is 7.66. The van der Waals surface area contributed by atoms with E-state index in [0.29, 0.717) is 12.1 Å². The van der Waals surface area contributed by atoms with Gasteiger partial charge >= 0.3 is 0 Å². The molecule has 0 radical (unpaired) electrons. The lowest BCUT2D eigenvalue weighted by atomic mass is 10.1. The first-order valence-electron chi connectivity index (χ1n) is 10.1. The molecule has 1 amide bonds. The minimum absolute atomic E-state index is 0.0515. The molecule has 0 N–H and O–H groups in total. The molecule has 1 aliphatic heterocycles. The van der Waals surface area contributed by atoms with Crippen LogP contribution in [0.25, 0.3) is 10.2 Å². The number of thiazole rings is 1. The summed E-state index contributed by atoms with van der Waals surface area (Å²) in [6.07, 6.45) is 2.15. The van der Waals surface area contributed by atoms with Crippen LogP contribution in [0.15, 0.2) is 42.5 Å². The van der Waals surface area contributed by atoms with Gasteiger partial charge in [-0.2, -0.15) is 0 Å². The van der Waals surface area contributed by atoms with E-state index >= 15 is 0 Å². The topological polar surface area (TPSA) is 51.7 Å². The second-order valence-corrected chi connectivity index (χ2v) is 8.67. The fourth-order valence-corrected chi connectivity index (χ4v) is 4.59. The summed E-state index contributed by atoms with van der Waals surface area (Å²) in [4.78, 5) is 20.0. The highest BCUT2D eigenvalue weighted by atomic mass is 32.1. The highest BCUT2D eigenvalue weighted by molar-refractivity contribution is 7.22. The van der Waals surface area contributed by atoms with Crippen LogP contribution in [0.3, 0.4) is 0 Å². The van der Waals surface area contributed by atoms with Crippen LogP contribution in [0.4, 0.5) is 5.13 Å². The van der Waals surface area contributed by atoms with E-state index < -0.39 is 0 Å². The Bertz CT molecular complexity index is 991. The van der Waals surface area contributed by atoms with Crippen LogP contribution < -0.4 is 9.64 Å². The van der Waals surface area contributed by atoms with Crippen LogP contribution in [-0.4, -0.2) is 36.3 Å². The van der Waals surface area contributed by atoms with Crippen molar-refractivity contribution in [2.75, 3.05) is 18.1 Å². The Labute approximate surface area is 175 Å². The molecule has 0 bridgehead atoms. The van der Waals surface area contributed by atoms with Gasteiger partial charge in [0.25, 0.3) is 5.91 Å². The molecule has 1 aliphatic rings. The van der Waals surface area contributed by atoms with Crippen molar-refractivity contribution >= 4 is 32.6 Å². The van der Waals surface area contributed by atoms with Gasteiger partial charge in [0.2, 0.25) is 0 Å². The zero-order chi connectivity index (χ0) is 20.4. The van der Waals surface area contributed by atoms with Crippen molar-refractivity contribution in [2.24, 2.45) is 0 Å². The van der Waals surface area contributed by atoms with Crippen molar-refractivity contribution in [3.05, 3.63) is 53.6 Å². The molecule has 4 rings (SSSR count). The first-order chi connectivity index (χ1) is 14.0. The van der Waals surface area contributed by atoms with Crippen molar-refractivity contribution in [3.63, 3.8) is 0 Å². The van der Waals surface area contributed by atoms with Gasteiger partial charge in [0.1, 0.15) is 5.75 Å². The Hall–Kier alpha value is -2.44. The number of aryl methyl sites for hydroxylation is 1. The molecule has 0 saturated carbocycles. The average molecular weight is 411 g/mol. The lowest BCUT2D eigenvalue weighted by molar-refractivity contribution is 0.0917. The highest BCUT2D eigenvalue weighted by Crippen LogP contribution is 2.32. The Morgan fingerprint density at radius 3 is 2.72 bits per heavy atom. The van der Waals surface area contributed by atoms with E-state index in [1.54, 1.807) is 16.2 Å². The van der Waals surface area contributed by atoms with Gasteiger partial charge in [0, 0.05) is 12.2 Å². The number of carbonyl (C=O) groups excluding carboxylic acids is 1. The highest BCUT2D eigenvalue weighted by Gasteiger charge is 2.27. The van der Waals surface area contributed by atoms with E-state index in [1.165, 1.54) is 0 Å². The van der Waals surface area contributed by atoms with Crippen molar-refractivity contribution in [1.82, 2.24) is 4.98 Å². The number of anilines is 1. The van der Waals surface area contributed by atoms with Crippen molar-refractivity contribution in [1.29, 1.82) is 0 Å². The molecule has 1 atom stereocenters. The number of hydrogen-bond acceptors (Lipinski definition) is 5. The van der Waals surface area contributed by atoms with E-state index in [4.69, 9.17) is 14.5 Å². The SMILES string of the molecule is Cc1cccc2sc(N(CC3CCCO3)C(=O)c3ccc(OC(C)C)cc3)nc12. The largest absolute Gasteiger partial charge is 0.491 e. The van der Waals surface area contributed by atoms with Crippen LogP contribution in [0.1, 0.15) is 42.6 Å². The Kier molecular flexibility index (Phi) is 5.83. The zero-order valence-electron chi connectivity index (χ0n) is 17.1. The van der Waals surface area contributed by atoms with Gasteiger partial charge in [0.15, 0.2) is 5.13 Å². The maximum Gasteiger partial charge on any atom is 0.260 e. The minimum atomic E-state index is -0.0618. The van der Waals surface area contributed by atoms with Gasteiger partial charge in [-0.05, 0) is 69.5 Å². The maximum atomic E-state index is 13.4. The molecule has 6 heteroatoms. The quantitative estimate of drug-likeness (QED) is 0.559. The number of para-hydroxylation sites is 1. The standard InChI is InChI=1S/C23H26N2O3S/c1-15(2)28-18-11-9-17(10-12-18)22(26)25(14-19-7-5-13-27-19)23-24-21-16(3)6-4-8-20(21)29-23/h4,6,8-12,15,19H,5,7,13-14H2,1-3H3. The number of benzene rings is 2. The van der Waals surface area contributed by atoms with E-state index in [1.807, 2.05) is 57.2 Å². The summed E-state index contributed by atoms with van der Waals surface area (Å²) in [6, 6.07) is 13.5. The fraction of sp³-hybridized carbons (Fsp3) is 0.391. The maximum absolute atomic E-state index is 13.4. The summed E-state index contributed by atoms with van der Waals surface area (Å²) >= 11 is 1.55. The van der Waals surface area contributed by atoms with Crippen LogP contribution in [-0.2, 0) is 4.74 Å². The molecule has 1 saturated heterocycles. The summed E-state index contributed by atoms with van der Waals surface area (Å²) in [7, 11) is 0. The molecular weight excluding hydrogens is 384 g/mol. The third kappa shape index (κ3) is 4.43. The third-order valence-electron chi connectivity index (χ3n) is 4.97. The lowest BCUT2D eigenvalue weighted by Gasteiger charge is -2.23. The molecule has 1 fully saturated rings. The number of hydrogen-bond donors (Lipinski definition) is 0. The number of aromatic nitrogens is 1. The molecule has 29 heavy (non-hydrogen) atoms. The van der Waals surface area contributed by atoms with Gasteiger partial charge in [-0.15, -0.1) is 0 Å². The lowest BCUT2D eigenvalue weighted by Crippen LogP contribution is -2.37. The van der Waals surface area contributed by atoms with Crippen LogP contribution in [0, 0.1) is 6.92 Å². The summed E-state index contributed by atoms with van der Waals surface area (Å²) in [5.74, 6) is 0.700. The molecule has 152 valence electrons. The number of ether oxygens (including phenoxy) is 2. The minimum Gasteiger partial charge on any atom is -0.491 e. The van der Waals surface area contributed by atoms with Crippen molar-refractivity contribution < 1.29 is 14.3 Å². The molecular formula is C23H26N2O3S. The van der Waals surface area contributed by atoms with Crippen LogP contribution >= 0.6 is 11.3 Å². The first-order valence-corrected chi connectivity index (χ1v) is 10.9. The smallest absolute Gasteiger partial charge is 0.260 e. The van der Waals surface area contributed by atoms with E-state index in [9.17, 15) is 4.79 Å². The van der Waals surface area contributed by atoms with Crippen molar-refractivity contribution in [3.8, 4) is 5.75 Å². The van der Waals surface area contributed by atoms with Gasteiger partial charge in [0.05, 0.1) is 29.0 Å². The molecule has 2 heterocycles. The Morgan fingerprint density at radius 1 is 1.28 bits per heavy atom. The third-order valence-corrected chi connectivity index (χ3v) is 6.01. The Balaban J connectivity index is 1.65. The van der Waals surface area contributed by atoms with Gasteiger partial charge in [-0.3, -0.25) is 9.69 Å². The summed E-state index contributed by atoms with van der Waals surface area (Å²) in [6.45, 7) is 7.29. The summed E-state index contributed by atoms with van der Waals surface area (Å²) in [5, 5.41) is 0.720. The van der Waals surface area contributed by atoms with Gasteiger partial charge in [-0.25, -0.2) is 4.98 Å². The molecule has 0 aliphatic carbocycles. The fourth-order valence-electron chi connectivity index (χ4n) is 3.53. The predicted molar refractivity (Wildman–Crippen MR) is 117 cm³/mol. The molecule has 3 aromatic rings. The van der Waals surface area contributed by atoms with Gasteiger partial charge < -0.3 is 9.47 Å². The Morgan fingerprint density at radius 2 is 2.07 bits per heavy atom. The van der Waals surface area contributed by atoms with Crippen LogP contribution in [0.5, 0.6) is 5.75 Å². The van der Waals surface area contributed by atoms with Crippen LogP contribution in [0.2, 0.25) is 0 Å². The molecule has 1 aromatic heterocycles. The number of nitrogens with zero attached hydrogens (tertiary/aromatic N) is 2. The predicted octanol–water partition coefficient (Wildman–Crippen LogP) is 5.22. The normalized spacial score (nSPS) is 16.5. The first kappa shape index (κ1) is 19.9. The monoisotopic (exact) mass is 410 g/mol. The number of rotatable bonds is 6. The van der Waals surface area contributed by atoms with Crippen molar-refractivity contribution in [2.45, 2.75) is 45.8 Å². The summed E-state index contributed by atoms with van der Waals surface area (Å²) < 4.78 is 12.6. The number of amides is 1. The number of carbonyl (C=O) groups is 1. The molecule has 1 unspecified atom stereocenters. The molecule has 2 aromatic carbocycles. The van der Waals surface area contributed by atoms with E-state index in [-0.39, 0.29) is 18.1 Å². The zero-order valence-corrected chi connectivity index (χ0v) is 17.9. The second kappa shape index (κ2) is 8.51. The van der Waals surface area contributed by atoms with E-state index in [2.05, 4.69) is 6.07 Å². The number of fused-ring (bicyclic) bond motifs is 1.